The molecule has 2 heterocycles. The van der Waals surface area contributed by atoms with Gasteiger partial charge in [-0.1, -0.05) is 30.3 Å². The fourth-order valence-electron chi connectivity index (χ4n) is 4.78. The summed E-state index contributed by atoms with van der Waals surface area (Å²) in [5.41, 5.74) is 1.99. The lowest BCUT2D eigenvalue weighted by atomic mass is 9.82. The van der Waals surface area contributed by atoms with E-state index in [2.05, 4.69) is 5.32 Å². The number of piperidine rings is 1. The number of carbonyl (C=O) groups excluding carboxylic acids is 3. The average molecular weight is 438 g/mol. The van der Waals surface area contributed by atoms with Gasteiger partial charge in [0.05, 0.1) is 12.0 Å². The molecule has 1 saturated heterocycles. The molecule has 2 aliphatic rings. The molecule has 168 valence electrons. The molecule has 4 rings (SSSR count). The first-order chi connectivity index (χ1) is 15.4. The van der Waals surface area contributed by atoms with Gasteiger partial charge in [-0.15, -0.1) is 0 Å². The van der Waals surface area contributed by atoms with Gasteiger partial charge in [0.15, 0.2) is 0 Å². The molecule has 0 unspecified atom stereocenters. The van der Waals surface area contributed by atoms with E-state index in [1.54, 1.807) is 24.0 Å². The van der Waals surface area contributed by atoms with Crippen molar-refractivity contribution in [3.05, 3.63) is 71.0 Å². The summed E-state index contributed by atoms with van der Waals surface area (Å²) in [7, 11) is 0. The lowest BCUT2D eigenvalue weighted by Crippen LogP contribution is -2.58. The van der Waals surface area contributed by atoms with Crippen LogP contribution in [0.3, 0.4) is 0 Å². The van der Waals surface area contributed by atoms with Crippen LogP contribution in [0.15, 0.2) is 48.5 Å². The molecule has 0 bridgehead atoms. The van der Waals surface area contributed by atoms with Gasteiger partial charge < -0.3 is 15.1 Å². The molecule has 0 atom stereocenters. The van der Waals surface area contributed by atoms with E-state index in [0.29, 0.717) is 51.0 Å². The van der Waals surface area contributed by atoms with Gasteiger partial charge >= 0.3 is 0 Å². The van der Waals surface area contributed by atoms with Gasteiger partial charge in [-0.3, -0.25) is 14.4 Å². The van der Waals surface area contributed by atoms with Gasteiger partial charge in [0.2, 0.25) is 11.8 Å². The third-order valence-electron chi connectivity index (χ3n) is 6.67. The molecule has 0 aromatic heterocycles. The molecule has 0 saturated carbocycles. The molecule has 7 heteroatoms. The molecule has 0 spiro atoms. The number of amides is 3. The fourth-order valence-corrected chi connectivity index (χ4v) is 4.78. The average Bonchev–Trinajstić information content (AvgIpc) is 3.13. The second-order valence-corrected chi connectivity index (χ2v) is 8.68. The maximum absolute atomic E-state index is 13.2. The highest BCUT2D eigenvalue weighted by molar-refractivity contribution is 5.99. The van der Waals surface area contributed by atoms with Crippen LogP contribution < -0.4 is 5.32 Å². The molecule has 1 fully saturated rings. The van der Waals surface area contributed by atoms with E-state index in [1.165, 1.54) is 12.1 Å². The van der Waals surface area contributed by atoms with Gasteiger partial charge in [-0.25, -0.2) is 4.39 Å². The van der Waals surface area contributed by atoms with Crippen LogP contribution in [-0.2, 0) is 22.6 Å². The van der Waals surface area contributed by atoms with E-state index in [0.717, 1.165) is 11.1 Å². The molecule has 2 aromatic carbocycles. The van der Waals surface area contributed by atoms with E-state index >= 15 is 0 Å². The number of hydrogen-bond acceptors (Lipinski definition) is 3. The monoisotopic (exact) mass is 437 g/mol. The van der Waals surface area contributed by atoms with Crippen LogP contribution in [0.5, 0.6) is 0 Å². The number of benzene rings is 2. The highest BCUT2D eigenvalue weighted by atomic mass is 19.1. The molecule has 3 amide bonds. The minimum absolute atomic E-state index is 0.0124. The fraction of sp³-hybridized carbons (Fsp3) is 0.400. The SMILES string of the molecule is CC(=O)N1CCC(CC(=O)NCCc2ccc(F)cc2)(N2Cc3ccccc3C2=O)CC1. The minimum atomic E-state index is -0.623. The summed E-state index contributed by atoms with van der Waals surface area (Å²) in [5, 5.41) is 2.96. The zero-order chi connectivity index (χ0) is 22.7. The Hall–Kier alpha value is -3.22. The molecule has 0 radical (unpaired) electrons. The van der Waals surface area contributed by atoms with Crippen LogP contribution in [0, 0.1) is 5.82 Å². The maximum atomic E-state index is 13.2. The Balaban J connectivity index is 1.45. The quantitative estimate of drug-likeness (QED) is 0.756. The van der Waals surface area contributed by atoms with Crippen LogP contribution in [-0.4, -0.2) is 52.7 Å². The number of nitrogens with one attached hydrogen (secondary N) is 1. The molecule has 32 heavy (non-hydrogen) atoms. The number of halogens is 1. The third-order valence-corrected chi connectivity index (χ3v) is 6.67. The van der Waals surface area contributed by atoms with E-state index in [-0.39, 0.29) is 30.0 Å². The molecule has 2 aliphatic heterocycles. The Morgan fingerprint density at radius 1 is 1.06 bits per heavy atom. The van der Waals surface area contributed by atoms with E-state index in [9.17, 15) is 18.8 Å². The first kappa shape index (κ1) is 22.0. The zero-order valence-electron chi connectivity index (χ0n) is 18.3. The van der Waals surface area contributed by atoms with Crippen LogP contribution >= 0.6 is 0 Å². The standard InChI is InChI=1S/C25H28FN3O3/c1-18(30)28-14-11-25(12-15-28,29-17-20-4-2-3-5-22(20)24(29)32)16-23(31)27-13-10-19-6-8-21(26)9-7-19/h2-9H,10-17H2,1H3,(H,27,31). The van der Waals surface area contributed by atoms with E-state index in [4.69, 9.17) is 0 Å². The van der Waals surface area contributed by atoms with Gasteiger partial charge in [0.1, 0.15) is 5.82 Å². The van der Waals surface area contributed by atoms with E-state index in [1.807, 2.05) is 29.2 Å². The lowest BCUT2D eigenvalue weighted by Gasteiger charge is -2.47. The first-order valence-corrected chi connectivity index (χ1v) is 11.0. The number of likely N-dealkylation sites (tertiary alicyclic amines) is 1. The first-order valence-electron chi connectivity index (χ1n) is 11.0. The van der Waals surface area contributed by atoms with Crippen molar-refractivity contribution < 1.29 is 18.8 Å². The highest BCUT2D eigenvalue weighted by Crippen LogP contribution is 2.38. The Morgan fingerprint density at radius 2 is 1.75 bits per heavy atom. The number of carbonyl (C=O) groups is 3. The van der Waals surface area contributed by atoms with Crippen molar-refractivity contribution in [2.45, 2.75) is 44.7 Å². The van der Waals surface area contributed by atoms with Crippen molar-refractivity contribution in [3.8, 4) is 0 Å². The Labute approximate surface area is 187 Å². The van der Waals surface area contributed by atoms with Crippen molar-refractivity contribution in [2.75, 3.05) is 19.6 Å². The molecule has 1 N–H and O–H groups in total. The Kier molecular flexibility index (Phi) is 6.26. The number of nitrogens with zero attached hydrogens (tertiary/aromatic N) is 2. The molecule has 2 aromatic rings. The molecule has 6 nitrogen and oxygen atoms in total. The summed E-state index contributed by atoms with van der Waals surface area (Å²) in [4.78, 5) is 41.6. The van der Waals surface area contributed by atoms with Crippen molar-refractivity contribution in [1.82, 2.24) is 15.1 Å². The minimum Gasteiger partial charge on any atom is -0.356 e. The van der Waals surface area contributed by atoms with E-state index < -0.39 is 5.54 Å². The van der Waals surface area contributed by atoms with Gasteiger partial charge in [0.25, 0.3) is 5.91 Å². The highest BCUT2D eigenvalue weighted by Gasteiger charge is 2.47. The maximum Gasteiger partial charge on any atom is 0.254 e. The summed E-state index contributed by atoms with van der Waals surface area (Å²) < 4.78 is 13.1. The topological polar surface area (TPSA) is 69.7 Å². The van der Waals surface area contributed by atoms with Crippen LogP contribution in [0.1, 0.15) is 47.7 Å². The number of hydrogen-bond donors (Lipinski definition) is 1. The van der Waals surface area contributed by atoms with Crippen LogP contribution in [0.2, 0.25) is 0 Å². The lowest BCUT2D eigenvalue weighted by molar-refractivity contribution is -0.132. The van der Waals surface area contributed by atoms with Crippen LogP contribution in [0.4, 0.5) is 4.39 Å². The summed E-state index contributed by atoms with van der Waals surface area (Å²) >= 11 is 0. The van der Waals surface area contributed by atoms with Crippen molar-refractivity contribution >= 4 is 17.7 Å². The number of fused-ring (bicyclic) bond motifs is 1. The van der Waals surface area contributed by atoms with Gasteiger partial charge in [0, 0.05) is 38.7 Å². The Bertz CT molecular complexity index is 1010. The third kappa shape index (κ3) is 4.52. The zero-order valence-corrected chi connectivity index (χ0v) is 18.3. The summed E-state index contributed by atoms with van der Waals surface area (Å²) in [6.07, 6.45) is 1.93. The van der Waals surface area contributed by atoms with Crippen molar-refractivity contribution in [3.63, 3.8) is 0 Å². The van der Waals surface area contributed by atoms with Crippen molar-refractivity contribution in [1.29, 1.82) is 0 Å². The predicted molar refractivity (Wildman–Crippen MR) is 118 cm³/mol. The van der Waals surface area contributed by atoms with Gasteiger partial charge in [-0.05, 0) is 48.6 Å². The molecular weight excluding hydrogens is 409 g/mol. The second-order valence-electron chi connectivity index (χ2n) is 8.68. The summed E-state index contributed by atoms with van der Waals surface area (Å²) in [6.45, 7) is 3.52. The van der Waals surface area contributed by atoms with Crippen molar-refractivity contribution in [2.24, 2.45) is 0 Å². The van der Waals surface area contributed by atoms with Crippen LogP contribution in [0.25, 0.3) is 0 Å². The second kappa shape index (κ2) is 9.10. The Morgan fingerprint density at radius 3 is 2.41 bits per heavy atom. The summed E-state index contributed by atoms with van der Waals surface area (Å²) in [6, 6.07) is 13.8. The summed E-state index contributed by atoms with van der Waals surface area (Å²) in [5.74, 6) is -0.436. The predicted octanol–water partition coefficient (Wildman–Crippen LogP) is 2.91. The molecule has 0 aliphatic carbocycles. The smallest absolute Gasteiger partial charge is 0.254 e. The normalized spacial score (nSPS) is 17.2. The van der Waals surface area contributed by atoms with Gasteiger partial charge in [-0.2, -0.15) is 0 Å². The largest absolute Gasteiger partial charge is 0.356 e. The number of rotatable bonds is 6. The molecular formula is C25H28FN3O3.